The fraction of sp³-hybridized carbons (Fsp3) is 0.400. The Morgan fingerprint density at radius 3 is 2.42 bits per heavy atom. The van der Waals surface area contributed by atoms with Crippen LogP contribution in [-0.4, -0.2) is 31.7 Å². The molecule has 24 heavy (non-hydrogen) atoms. The molecule has 2 aromatic rings. The minimum absolute atomic E-state index is 0.0332. The van der Waals surface area contributed by atoms with Gasteiger partial charge in [-0.3, -0.25) is 4.90 Å². The molecule has 3 rings (SSSR count). The van der Waals surface area contributed by atoms with Crippen LogP contribution >= 0.6 is 0 Å². The van der Waals surface area contributed by atoms with Crippen molar-refractivity contribution in [1.82, 2.24) is 4.90 Å². The molecule has 0 saturated heterocycles. The topological polar surface area (TPSA) is 47.7 Å². The first kappa shape index (κ1) is 16.8. The Labute approximate surface area is 144 Å². The number of hydrogen-bond donors (Lipinski definition) is 1. The van der Waals surface area contributed by atoms with Crippen LogP contribution in [0.5, 0.6) is 11.5 Å². The Kier molecular flexibility index (Phi) is 5.07. The van der Waals surface area contributed by atoms with Crippen LogP contribution < -0.4 is 15.2 Å². The van der Waals surface area contributed by atoms with E-state index in [4.69, 9.17) is 15.2 Å². The zero-order valence-electron chi connectivity index (χ0n) is 14.7. The smallest absolute Gasteiger partial charge is 0.161 e. The van der Waals surface area contributed by atoms with Crippen molar-refractivity contribution >= 4 is 0 Å². The summed E-state index contributed by atoms with van der Waals surface area (Å²) in [5, 5.41) is 0. The molecule has 0 spiro atoms. The summed E-state index contributed by atoms with van der Waals surface area (Å²) in [6, 6.07) is 15.0. The SMILES string of the molecule is COc1cc2c(cc1OC)[C@H]([C@H](C)N)N(Cc1ccccc1)CC2. The maximum absolute atomic E-state index is 6.37. The third kappa shape index (κ3) is 3.25. The fourth-order valence-corrected chi connectivity index (χ4v) is 3.64. The monoisotopic (exact) mass is 326 g/mol. The van der Waals surface area contributed by atoms with Crippen molar-refractivity contribution in [2.24, 2.45) is 5.73 Å². The van der Waals surface area contributed by atoms with Crippen LogP contribution in [0.1, 0.15) is 29.7 Å². The highest BCUT2D eigenvalue weighted by molar-refractivity contribution is 5.49. The second kappa shape index (κ2) is 7.24. The zero-order chi connectivity index (χ0) is 17.1. The van der Waals surface area contributed by atoms with E-state index in [1.165, 1.54) is 16.7 Å². The van der Waals surface area contributed by atoms with Crippen LogP contribution in [0.25, 0.3) is 0 Å². The second-order valence-electron chi connectivity index (χ2n) is 6.42. The molecular formula is C20H26N2O2. The quantitative estimate of drug-likeness (QED) is 0.917. The molecule has 0 radical (unpaired) electrons. The summed E-state index contributed by atoms with van der Waals surface area (Å²) in [5.41, 5.74) is 10.2. The highest BCUT2D eigenvalue weighted by atomic mass is 16.5. The molecule has 2 atom stereocenters. The Balaban J connectivity index is 1.96. The van der Waals surface area contributed by atoms with Gasteiger partial charge in [-0.05, 0) is 42.2 Å². The van der Waals surface area contributed by atoms with Crippen LogP contribution in [-0.2, 0) is 13.0 Å². The third-order valence-corrected chi connectivity index (χ3v) is 4.75. The van der Waals surface area contributed by atoms with E-state index in [0.717, 1.165) is 31.0 Å². The number of nitrogens with two attached hydrogens (primary N) is 1. The molecule has 2 aromatic carbocycles. The molecule has 4 nitrogen and oxygen atoms in total. The van der Waals surface area contributed by atoms with Crippen molar-refractivity contribution in [1.29, 1.82) is 0 Å². The van der Waals surface area contributed by atoms with Crippen molar-refractivity contribution < 1.29 is 9.47 Å². The normalized spacial score (nSPS) is 18.8. The number of nitrogens with zero attached hydrogens (tertiary/aromatic N) is 1. The first-order valence-electron chi connectivity index (χ1n) is 8.42. The standard InChI is InChI=1S/C20H26N2O2/c1-14(21)20-17-12-19(24-3)18(23-2)11-16(17)9-10-22(20)13-15-7-5-4-6-8-15/h4-8,11-12,14,20H,9-10,13,21H2,1-3H3/t14-,20-/m0/s1. The average Bonchev–Trinajstić information content (AvgIpc) is 2.60. The Bertz CT molecular complexity index is 686. The van der Waals surface area contributed by atoms with E-state index in [-0.39, 0.29) is 12.1 Å². The summed E-state index contributed by atoms with van der Waals surface area (Å²) in [7, 11) is 3.35. The molecule has 1 aliphatic rings. The van der Waals surface area contributed by atoms with Crippen LogP contribution in [0, 0.1) is 0 Å². The summed E-state index contributed by atoms with van der Waals surface area (Å²) in [5.74, 6) is 1.56. The lowest BCUT2D eigenvalue weighted by molar-refractivity contribution is 0.155. The van der Waals surface area contributed by atoms with Crippen LogP contribution in [0.4, 0.5) is 0 Å². The summed E-state index contributed by atoms with van der Waals surface area (Å²) in [4.78, 5) is 2.47. The lowest BCUT2D eigenvalue weighted by Crippen LogP contribution is -2.43. The van der Waals surface area contributed by atoms with Gasteiger partial charge < -0.3 is 15.2 Å². The Morgan fingerprint density at radius 2 is 1.79 bits per heavy atom. The molecule has 0 aromatic heterocycles. The summed E-state index contributed by atoms with van der Waals surface area (Å²) >= 11 is 0. The van der Waals surface area contributed by atoms with E-state index in [2.05, 4.69) is 54.3 Å². The van der Waals surface area contributed by atoms with Crippen LogP contribution in [0.15, 0.2) is 42.5 Å². The summed E-state index contributed by atoms with van der Waals surface area (Å²) in [6.07, 6.45) is 0.992. The van der Waals surface area contributed by atoms with Gasteiger partial charge in [-0.2, -0.15) is 0 Å². The molecule has 0 fully saturated rings. The van der Waals surface area contributed by atoms with Gasteiger partial charge in [0, 0.05) is 19.1 Å². The Hall–Kier alpha value is -2.04. The van der Waals surface area contributed by atoms with Gasteiger partial charge in [-0.15, -0.1) is 0 Å². The second-order valence-corrected chi connectivity index (χ2v) is 6.42. The molecule has 4 heteroatoms. The van der Waals surface area contributed by atoms with Gasteiger partial charge in [-0.25, -0.2) is 0 Å². The van der Waals surface area contributed by atoms with Crippen molar-refractivity contribution in [2.45, 2.75) is 32.0 Å². The average molecular weight is 326 g/mol. The number of benzene rings is 2. The number of ether oxygens (including phenoxy) is 2. The number of fused-ring (bicyclic) bond motifs is 1. The van der Waals surface area contributed by atoms with Gasteiger partial charge >= 0.3 is 0 Å². The van der Waals surface area contributed by atoms with Crippen LogP contribution in [0.2, 0.25) is 0 Å². The van der Waals surface area contributed by atoms with Crippen molar-refractivity contribution in [3.63, 3.8) is 0 Å². The minimum atomic E-state index is 0.0332. The molecule has 0 unspecified atom stereocenters. The predicted molar refractivity (Wildman–Crippen MR) is 96.5 cm³/mol. The van der Waals surface area contributed by atoms with Gasteiger partial charge in [0.25, 0.3) is 0 Å². The molecule has 0 saturated carbocycles. The maximum atomic E-state index is 6.37. The molecule has 0 bridgehead atoms. The van der Waals surface area contributed by atoms with Crippen molar-refractivity contribution in [2.75, 3.05) is 20.8 Å². The highest BCUT2D eigenvalue weighted by Crippen LogP contribution is 2.39. The van der Waals surface area contributed by atoms with E-state index in [9.17, 15) is 0 Å². The van der Waals surface area contributed by atoms with E-state index in [0.29, 0.717) is 0 Å². The van der Waals surface area contributed by atoms with Gasteiger partial charge in [0.05, 0.1) is 20.3 Å². The highest BCUT2D eigenvalue weighted by Gasteiger charge is 2.31. The molecule has 2 N–H and O–H groups in total. The number of hydrogen-bond acceptors (Lipinski definition) is 4. The molecular weight excluding hydrogens is 300 g/mol. The molecule has 128 valence electrons. The lowest BCUT2D eigenvalue weighted by atomic mass is 9.88. The number of methoxy groups -OCH3 is 2. The van der Waals surface area contributed by atoms with E-state index in [1.807, 2.05) is 0 Å². The largest absolute Gasteiger partial charge is 0.493 e. The predicted octanol–water partition coefficient (Wildman–Crippen LogP) is 3.15. The first-order valence-corrected chi connectivity index (χ1v) is 8.42. The molecule has 1 heterocycles. The van der Waals surface area contributed by atoms with E-state index in [1.54, 1.807) is 14.2 Å². The minimum Gasteiger partial charge on any atom is -0.493 e. The number of rotatable bonds is 5. The zero-order valence-corrected chi connectivity index (χ0v) is 14.7. The van der Waals surface area contributed by atoms with E-state index >= 15 is 0 Å². The third-order valence-electron chi connectivity index (χ3n) is 4.75. The molecule has 0 aliphatic carbocycles. The van der Waals surface area contributed by atoms with Gasteiger partial charge in [0.2, 0.25) is 0 Å². The Morgan fingerprint density at radius 1 is 1.12 bits per heavy atom. The van der Waals surface area contributed by atoms with E-state index < -0.39 is 0 Å². The van der Waals surface area contributed by atoms with Crippen LogP contribution in [0.3, 0.4) is 0 Å². The van der Waals surface area contributed by atoms with Gasteiger partial charge in [0.15, 0.2) is 11.5 Å². The van der Waals surface area contributed by atoms with Crippen molar-refractivity contribution in [3.8, 4) is 11.5 Å². The first-order chi connectivity index (χ1) is 11.6. The lowest BCUT2D eigenvalue weighted by Gasteiger charge is -2.40. The van der Waals surface area contributed by atoms with Crippen molar-refractivity contribution in [3.05, 3.63) is 59.2 Å². The van der Waals surface area contributed by atoms with Gasteiger partial charge in [-0.1, -0.05) is 30.3 Å². The summed E-state index contributed by atoms with van der Waals surface area (Å²) < 4.78 is 11.0. The summed E-state index contributed by atoms with van der Waals surface area (Å²) in [6.45, 7) is 3.97. The molecule has 1 aliphatic heterocycles. The molecule has 0 amide bonds. The maximum Gasteiger partial charge on any atom is 0.161 e. The van der Waals surface area contributed by atoms with Gasteiger partial charge in [0.1, 0.15) is 0 Å². The fourth-order valence-electron chi connectivity index (χ4n) is 3.64.